The van der Waals surface area contributed by atoms with Gasteiger partial charge in [0.15, 0.2) is 0 Å². The van der Waals surface area contributed by atoms with E-state index < -0.39 is 12.1 Å². The van der Waals surface area contributed by atoms with Gasteiger partial charge in [-0.1, -0.05) is 0 Å². The molecule has 0 aliphatic heterocycles. The number of carbonyl (C=O) groups is 1. The van der Waals surface area contributed by atoms with E-state index in [4.69, 9.17) is 9.52 Å². The molecule has 5 nitrogen and oxygen atoms in total. The molecule has 0 aliphatic carbocycles. The second-order valence-electron chi connectivity index (χ2n) is 3.14. The van der Waals surface area contributed by atoms with Gasteiger partial charge in [0, 0.05) is 6.42 Å². The van der Waals surface area contributed by atoms with Gasteiger partial charge in [0.05, 0.1) is 5.69 Å². The highest BCUT2D eigenvalue weighted by molar-refractivity contribution is 5.66. The quantitative estimate of drug-likeness (QED) is 0.760. The molecule has 0 bridgehead atoms. The molecular formula is C9H13NO4. The summed E-state index contributed by atoms with van der Waals surface area (Å²) in [6.07, 6.45) is -0.908. The van der Waals surface area contributed by atoms with Gasteiger partial charge in [-0.05, 0) is 20.3 Å². The van der Waals surface area contributed by atoms with E-state index in [0.717, 1.165) is 5.69 Å². The van der Waals surface area contributed by atoms with Gasteiger partial charge in [0.25, 0.3) is 0 Å². The number of hydrogen-bond donors (Lipinski definition) is 2. The third kappa shape index (κ3) is 2.56. The molecule has 0 amide bonds. The van der Waals surface area contributed by atoms with Crippen LogP contribution in [0.2, 0.25) is 0 Å². The second kappa shape index (κ2) is 4.23. The minimum atomic E-state index is -0.941. The van der Waals surface area contributed by atoms with Crippen molar-refractivity contribution >= 4 is 5.97 Å². The van der Waals surface area contributed by atoms with Crippen molar-refractivity contribution in [3.05, 3.63) is 17.3 Å². The molecule has 78 valence electrons. The SMILES string of the molecule is Cc1nc(C(O)CCC(=O)O)oc1C. The zero-order chi connectivity index (χ0) is 10.7. The molecular weight excluding hydrogens is 186 g/mol. The Kier molecular flexibility index (Phi) is 3.24. The van der Waals surface area contributed by atoms with Gasteiger partial charge in [0.1, 0.15) is 11.9 Å². The largest absolute Gasteiger partial charge is 0.481 e. The van der Waals surface area contributed by atoms with Crippen LogP contribution in [0.3, 0.4) is 0 Å². The zero-order valence-corrected chi connectivity index (χ0v) is 8.15. The van der Waals surface area contributed by atoms with Gasteiger partial charge in [-0.3, -0.25) is 4.79 Å². The van der Waals surface area contributed by atoms with Crippen molar-refractivity contribution in [2.75, 3.05) is 0 Å². The molecule has 0 saturated heterocycles. The maximum absolute atomic E-state index is 10.2. The third-order valence-electron chi connectivity index (χ3n) is 1.96. The highest BCUT2D eigenvalue weighted by atomic mass is 16.4. The summed E-state index contributed by atoms with van der Waals surface area (Å²) in [5.74, 6) is -0.0975. The Morgan fingerprint density at radius 2 is 2.21 bits per heavy atom. The fourth-order valence-electron chi connectivity index (χ4n) is 1.02. The molecule has 0 fully saturated rings. The second-order valence-corrected chi connectivity index (χ2v) is 3.14. The number of aryl methyl sites for hydroxylation is 2. The van der Waals surface area contributed by atoms with E-state index in [0.29, 0.717) is 5.76 Å². The molecule has 0 aromatic carbocycles. The summed E-state index contributed by atoms with van der Waals surface area (Å²) in [6, 6.07) is 0. The molecule has 1 rings (SSSR count). The number of rotatable bonds is 4. The Hall–Kier alpha value is -1.36. The summed E-state index contributed by atoms with van der Waals surface area (Å²) in [6.45, 7) is 3.52. The average Bonchev–Trinajstić information content (AvgIpc) is 2.43. The van der Waals surface area contributed by atoms with Crippen LogP contribution >= 0.6 is 0 Å². The molecule has 0 spiro atoms. The summed E-state index contributed by atoms with van der Waals surface area (Å²) in [5, 5.41) is 17.9. The number of carboxylic acids is 1. The topological polar surface area (TPSA) is 83.6 Å². The first-order chi connectivity index (χ1) is 6.50. The van der Waals surface area contributed by atoms with Crippen molar-refractivity contribution in [2.45, 2.75) is 32.8 Å². The van der Waals surface area contributed by atoms with Crippen molar-refractivity contribution in [3.8, 4) is 0 Å². The highest BCUT2D eigenvalue weighted by Crippen LogP contribution is 2.19. The number of aliphatic hydroxyl groups excluding tert-OH is 1. The molecule has 0 saturated carbocycles. The Morgan fingerprint density at radius 3 is 2.64 bits per heavy atom. The summed E-state index contributed by atoms with van der Waals surface area (Å²) in [5.41, 5.74) is 0.717. The molecule has 1 aromatic rings. The van der Waals surface area contributed by atoms with Crippen molar-refractivity contribution in [1.29, 1.82) is 0 Å². The van der Waals surface area contributed by atoms with Gasteiger partial charge in [-0.2, -0.15) is 0 Å². The van der Waals surface area contributed by atoms with Crippen LogP contribution < -0.4 is 0 Å². The molecule has 1 unspecified atom stereocenters. The lowest BCUT2D eigenvalue weighted by Crippen LogP contribution is -2.02. The molecule has 0 radical (unpaired) electrons. The van der Waals surface area contributed by atoms with Crippen LogP contribution in [0.4, 0.5) is 0 Å². The summed E-state index contributed by atoms with van der Waals surface area (Å²) in [4.78, 5) is 14.2. The number of oxazole rings is 1. The van der Waals surface area contributed by atoms with Crippen molar-refractivity contribution in [3.63, 3.8) is 0 Å². The van der Waals surface area contributed by atoms with Crippen molar-refractivity contribution < 1.29 is 19.4 Å². The predicted molar refractivity (Wildman–Crippen MR) is 47.8 cm³/mol. The van der Waals surface area contributed by atoms with Crippen LogP contribution in [0.25, 0.3) is 0 Å². The first kappa shape index (κ1) is 10.7. The van der Waals surface area contributed by atoms with E-state index >= 15 is 0 Å². The maximum Gasteiger partial charge on any atom is 0.303 e. The first-order valence-corrected chi connectivity index (χ1v) is 4.34. The normalized spacial score (nSPS) is 12.8. The summed E-state index contributed by atoms with van der Waals surface area (Å²) < 4.78 is 5.15. The molecule has 1 heterocycles. The number of aliphatic carboxylic acids is 1. The molecule has 5 heteroatoms. The lowest BCUT2D eigenvalue weighted by atomic mass is 10.2. The van der Waals surface area contributed by atoms with Gasteiger partial charge in [-0.15, -0.1) is 0 Å². The summed E-state index contributed by atoms with van der Waals surface area (Å²) >= 11 is 0. The molecule has 0 aliphatic rings. The van der Waals surface area contributed by atoms with Crippen LogP contribution in [-0.2, 0) is 4.79 Å². The fourth-order valence-corrected chi connectivity index (χ4v) is 1.02. The van der Waals surface area contributed by atoms with Crippen LogP contribution in [-0.4, -0.2) is 21.2 Å². The smallest absolute Gasteiger partial charge is 0.303 e. The Morgan fingerprint density at radius 1 is 1.57 bits per heavy atom. The number of nitrogens with zero attached hydrogens (tertiary/aromatic N) is 1. The van der Waals surface area contributed by atoms with Gasteiger partial charge < -0.3 is 14.6 Å². The van der Waals surface area contributed by atoms with Crippen LogP contribution in [0, 0.1) is 13.8 Å². The predicted octanol–water partition coefficient (Wildman–Crippen LogP) is 1.19. The van der Waals surface area contributed by atoms with E-state index in [1.807, 2.05) is 0 Å². The number of hydrogen-bond acceptors (Lipinski definition) is 4. The lowest BCUT2D eigenvalue weighted by molar-refractivity contribution is -0.137. The molecule has 14 heavy (non-hydrogen) atoms. The van der Waals surface area contributed by atoms with Crippen molar-refractivity contribution in [2.24, 2.45) is 0 Å². The Balaban J connectivity index is 2.60. The van der Waals surface area contributed by atoms with E-state index in [-0.39, 0.29) is 18.7 Å². The van der Waals surface area contributed by atoms with Crippen LogP contribution in [0.1, 0.15) is 36.3 Å². The minimum absolute atomic E-state index is 0.0956. The number of aromatic nitrogens is 1. The average molecular weight is 199 g/mol. The van der Waals surface area contributed by atoms with Crippen LogP contribution in [0.15, 0.2) is 4.42 Å². The van der Waals surface area contributed by atoms with Crippen LogP contribution in [0.5, 0.6) is 0 Å². The zero-order valence-electron chi connectivity index (χ0n) is 8.15. The third-order valence-corrected chi connectivity index (χ3v) is 1.96. The fraction of sp³-hybridized carbons (Fsp3) is 0.556. The Bertz CT molecular complexity index is 312. The summed E-state index contributed by atoms with van der Waals surface area (Å²) in [7, 11) is 0. The highest BCUT2D eigenvalue weighted by Gasteiger charge is 2.16. The van der Waals surface area contributed by atoms with E-state index in [9.17, 15) is 9.90 Å². The Labute approximate surface area is 81.4 Å². The molecule has 2 N–H and O–H groups in total. The molecule has 1 atom stereocenters. The number of aliphatic hydroxyl groups is 1. The lowest BCUT2D eigenvalue weighted by Gasteiger charge is -2.02. The number of carboxylic acid groups (broad SMARTS) is 1. The van der Waals surface area contributed by atoms with Gasteiger partial charge >= 0.3 is 5.97 Å². The first-order valence-electron chi connectivity index (χ1n) is 4.34. The van der Waals surface area contributed by atoms with Gasteiger partial charge in [0.2, 0.25) is 5.89 Å². The van der Waals surface area contributed by atoms with E-state index in [2.05, 4.69) is 4.98 Å². The standard InChI is InChI=1S/C9H13NO4/c1-5-6(2)14-9(10-5)7(11)3-4-8(12)13/h7,11H,3-4H2,1-2H3,(H,12,13). The minimum Gasteiger partial charge on any atom is -0.481 e. The van der Waals surface area contributed by atoms with E-state index in [1.165, 1.54) is 0 Å². The monoisotopic (exact) mass is 199 g/mol. The molecule has 1 aromatic heterocycles. The maximum atomic E-state index is 10.2. The van der Waals surface area contributed by atoms with Crippen molar-refractivity contribution in [1.82, 2.24) is 4.98 Å². The van der Waals surface area contributed by atoms with E-state index in [1.54, 1.807) is 13.8 Å². The van der Waals surface area contributed by atoms with Gasteiger partial charge in [-0.25, -0.2) is 4.98 Å².